The number of fused-ring (bicyclic) bond motifs is 1. The highest BCUT2D eigenvalue weighted by Gasteiger charge is 2.26. The molecular weight excluding hydrogens is 290 g/mol. The van der Waals surface area contributed by atoms with Gasteiger partial charge in [-0.3, -0.25) is 14.9 Å². The van der Waals surface area contributed by atoms with Gasteiger partial charge in [-0.05, 0) is 19.1 Å². The molecule has 1 aliphatic heterocycles. The van der Waals surface area contributed by atoms with Crippen molar-refractivity contribution in [1.82, 2.24) is 4.98 Å². The molecule has 0 atom stereocenters. The van der Waals surface area contributed by atoms with Crippen LogP contribution in [-0.2, 0) is 0 Å². The van der Waals surface area contributed by atoms with E-state index < -0.39 is 10.5 Å². The van der Waals surface area contributed by atoms with Crippen molar-refractivity contribution in [2.75, 3.05) is 6.79 Å². The molecule has 1 aromatic carbocycles. The monoisotopic (exact) mass is 299 g/mol. The van der Waals surface area contributed by atoms with Crippen molar-refractivity contribution in [2.45, 2.75) is 6.92 Å². The second-order valence-electron chi connectivity index (χ2n) is 4.66. The summed E-state index contributed by atoms with van der Waals surface area (Å²) in [6.45, 7) is 1.60. The zero-order valence-electron chi connectivity index (χ0n) is 11.4. The van der Waals surface area contributed by atoms with E-state index in [0.717, 1.165) is 0 Å². The first-order chi connectivity index (χ1) is 10.5. The Bertz CT molecular complexity index is 895. The summed E-state index contributed by atoms with van der Waals surface area (Å²) in [6.07, 6.45) is 0. The average molecular weight is 299 g/mol. The van der Waals surface area contributed by atoms with Crippen molar-refractivity contribution < 1.29 is 14.4 Å². The van der Waals surface area contributed by atoms with E-state index >= 15 is 0 Å². The molecule has 1 aliphatic rings. The van der Waals surface area contributed by atoms with Gasteiger partial charge in [0.15, 0.2) is 11.5 Å². The molecule has 0 saturated carbocycles. The molecule has 8 heteroatoms. The Morgan fingerprint density at radius 1 is 1.27 bits per heavy atom. The Morgan fingerprint density at radius 3 is 2.59 bits per heavy atom. The molecule has 110 valence electrons. The van der Waals surface area contributed by atoms with Crippen LogP contribution < -0.4 is 15.0 Å². The van der Waals surface area contributed by atoms with Crippen molar-refractivity contribution in [3.8, 4) is 28.7 Å². The largest absolute Gasteiger partial charge is 0.454 e. The van der Waals surface area contributed by atoms with E-state index in [9.17, 15) is 20.2 Å². The van der Waals surface area contributed by atoms with Crippen molar-refractivity contribution >= 4 is 5.69 Å². The maximum atomic E-state index is 11.9. The summed E-state index contributed by atoms with van der Waals surface area (Å²) in [4.78, 5) is 25.1. The third kappa shape index (κ3) is 2.05. The Kier molecular flexibility index (Phi) is 3.03. The minimum atomic E-state index is -0.593. The highest BCUT2D eigenvalue weighted by molar-refractivity contribution is 5.81. The quantitative estimate of drug-likeness (QED) is 0.667. The second-order valence-corrected chi connectivity index (χ2v) is 4.66. The fraction of sp³-hybridized carbons (Fsp3) is 0.143. The van der Waals surface area contributed by atoms with E-state index in [1.54, 1.807) is 13.0 Å². The first-order valence-electron chi connectivity index (χ1n) is 6.23. The fourth-order valence-corrected chi connectivity index (χ4v) is 2.31. The minimum Gasteiger partial charge on any atom is -0.454 e. The molecule has 0 saturated heterocycles. The normalized spacial score (nSPS) is 12.0. The Labute approximate surface area is 123 Å². The summed E-state index contributed by atoms with van der Waals surface area (Å²) in [5.74, 6) is 0.595. The van der Waals surface area contributed by atoms with E-state index in [4.69, 9.17) is 9.47 Å². The lowest BCUT2D eigenvalue weighted by Crippen LogP contribution is -2.13. The molecule has 0 radical (unpaired) electrons. The number of nitro benzene ring substituents is 1. The number of ether oxygens (including phenoxy) is 2. The molecule has 3 rings (SSSR count). The number of hydrogen-bond donors (Lipinski definition) is 1. The van der Waals surface area contributed by atoms with Gasteiger partial charge in [-0.25, -0.2) is 0 Å². The topological polar surface area (TPSA) is 118 Å². The predicted molar refractivity (Wildman–Crippen MR) is 74.7 cm³/mol. The minimum absolute atomic E-state index is 0.0323. The maximum absolute atomic E-state index is 11.9. The number of benzene rings is 1. The number of aromatic amines is 1. The molecule has 8 nitrogen and oxygen atoms in total. The first kappa shape index (κ1) is 13.6. The number of hydrogen-bond acceptors (Lipinski definition) is 6. The summed E-state index contributed by atoms with van der Waals surface area (Å²) in [7, 11) is 0. The van der Waals surface area contributed by atoms with Crippen LogP contribution in [-0.4, -0.2) is 16.7 Å². The van der Waals surface area contributed by atoms with Crippen molar-refractivity contribution in [3.05, 3.63) is 49.9 Å². The van der Waals surface area contributed by atoms with Crippen molar-refractivity contribution in [3.63, 3.8) is 0 Å². The number of nitrogens with zero attached hydrogens (tertiary/aromatic N) is 2. The van der Waals surface area contributed by atoms with Crippen molar-refractivity contribution in [1.29, 1.82) is 5.26 Å². The van der Waals surface area contributed by atoms with Crippen LogP contribution in [0.1, 0.15) is 11.3 Å². The van der Waals surface area contributed by atoms with Crippen LogP contribution in [0.3, 0.4) is 0 Å². The molecule has 0 bridgehead atoms. The Morgan fingerprint density at radius 2 is 1.95 bits per heavy atom. The van der Waals surface area contributed by atoms with Crippen LogP contribution in [0.4, 0.5) is 5.69 Å². The molecule has 1 aromatic heterocycles. The van der Waals surface area contributed by atoms with Crippen LogP contribution in [0.15, 0.2) is 23.0 Å². The number of pyridine rings is 1. The molecular formula is C14H9N3O5. The maximum Gasteiger partial charge on any atom is 0.281 e. The van der Waals surface area contributed by atoms with E-state index in [-0.39, 0.29) is 34.9 Å². The van der Waals surface area contributed by atoms with Crippen LogP contribution in [0, 0.1) is 28.4 Å². The lowest BCUT2D eigenvalue weighted by atomic mass is 9.99. The molecule has 0 unspecified atom stereocenters. The Balaban J connectivity index is 2.36. The molecule has 0 aliphatic carbocycles. The summed E-state index contributed by atoms with van der Waals surface area (Å²) in [6, 6.07) is 5.95. The third-order valence-corrected chi connectivity index (χ3v) is 3.26. The first-order valence-corrected chi connectivity index (χ1v) is 6.23. The summed E-state index contributed by atoms with van der Waals surface area (Å²) in [5.41, 5.74) is -0.220. The van der Waals surface area contributed by atoms with Crippen LogP contribution in [0.5, 0.6) is 11.5 Å². The number of nitriles is 1. The van der Waals surface area contributed by atoms with E-state index in [1.807, 2.05) is 0 Å². The van der Waals surface area contributed by atoms with Gasteiger partial charge >= 0.3 is 0 Å². The SMILES string of the molecule is Cc1cc(-c2cc3c(cc2[N+](=O)[O-])OCO3)c(C#N)c(=O)[nH]1. The van der Waals surface area contributed by atoms with Crippen LogP contribution >= 0.6 is 0 Å². The van der Waals surface area contributed by atoms with Gasteiger partial charge in [-0.1, -0.05) is 0 Å². The summed E-state index contributed by atoms with van der Waals surface area (Å²) in [5, 5.41) is 20.5. The van der Waals surface area contributed by atoms with Crippen LogP contribution in [0.2, 0.25) is 0 Å². The number of H-pyrrole nitrogens is 1. The van der Waals surface area contributed by atoms with Gasteiger partial charge in [0.1, 0.15) is 11.6 Å². The second kappa shape index (κ2) is 4.89. The lowest BCUT2D eigenvalue weighted by molar-refractivity contribution is -0.384. The van der Waals surface area contributed by atoms with Crippen molar-refractivity contribution in [2.24, 2.45) is 0 Å². The molecule has 1 N–H and O–H groups in total. The van der Waals surface area contributed by atoms with Gasteiger partial charge in [0, 0.05) is 11.3 Å². The van der Waals surface area contributed by atoms with Gasteiger partial charge < -0.3 is 14.5 Å². The lowest BCUT2D eigenvalue weighted by Gasteiger charge is -2.07. The van der Waals surface area contributed by atoms with Gasteiger partial charge in [-0.15, -0.1) is 0 Å². The number of aromatic nitrogens is 1. The fourth-order valence-electron chi connectivity index (χ4n) is 2.31. The summed E-state index contributed by atoms with van der Waals surface area (Å²) >= 11 is 0. The van der Waals surface area contributed by atoms with Gasteiger partial charge in [-0.2, -0.15) is 5.26 Å². The Hall–Kier alpha value is -3.34. The molecule has 22 heavy (non-hydrogen) atoms. The molecule has 0 fully saturated rings. The van der Waals surface area contributed by atoms with E-state index in [0.29, 0.717) is 11.4 Å². The number of rotatable bonds is 2. The van der Waals surface area contributed by atoms with Gasteiger partial charge in [0.05, 0.1) is 16.6 Å². The predicted octanol–water partition coefficient (Wildman–Crippen LogP) is 1.86. The molecule has 0 amide bonds. The molecule has 2 aromatic rings. The molecule has 2 heterocycles. The van der Waals surface area contributed by atoms with Gasteiger partial charge in [0.2, 0.25) is 6.79 Å². The van der Waals surface area contributed by atoms with Gasteiger partial charge in [0.25, 0.3) is 11.2 Å². The standard InChI is InChI=1S/C14H9N3O5/c1-7-2-8(10(5-15)14(18)16-7)9-3-12-13(22-6-21-12)4-11(9)17(19)20/h2-4H,6H2,1H3,(H,16,18). The third-order valence-electron chi connectivity index (χ3n) is 3.26. The zero-order chi connectivity index (χ0) is 15.9. The molecule has 0 spiro atoms. The number of aryl methyl sites for hydroxylation is 1. The zero-order valence-corrected chi connectivity index (χ0v) is 11.4. The number of nitro groups is 1. The number of nitrogens with one attached hydrogen (secondary N) is 1. The summed E-state index contributed by atoms with van der Waals surface area (Å²) < 4.78 is 10.3. The van der Waals surface area contributed by atoms with Crippen LogP contribution in [0.25, 0.3) is 11.1 Å². The highest BCUT2D eigenvalue weighted by atomic mass is 16.7. The highest BCUT2D eigenvalue weighted by Crippen LogP contribution is 2.42. The van der Waals surface area contributed by atoms with E-state index in [2.05, 4.69) is 4.98 Å². The smallest absolute Gasteiger partial charge is 0.281 e. The average Bonchev–Trinajstić information content (AvgIpc) is 2.92. The van der Waals surface area contributed by atoms with E-state index in [1.165, 1.54) is 18.2 Å².